The van der Waals surface area contributed by atoms with Gasteiger partial charge in [-0.25, -0.2) is 4.98 Å². The second-order valence-electron chi connectivity index (χ2n) is 2.15. The SMILES string of the molecule is COc1cc(Br)ncc1CC#N. The van der Waals surface area contributed by atoms with Gasteiger partial charge < -0.3 is 4.74 Å². The Morgan fingerprint density at radius 1 is 1.75 bits per heavy atom. The zero-order chi connectivity index (χ0) is 8.97. The summed E-state index contributed by atoms with van der Waals surface area (Å²) in [4.78, 5) is 3.99. The molecule has 0 saturated carbocycles. The van der Waals surface area contributed by atoms with Gasteiger partial charge in [0.1, 0.15) is 10.4 Å². The number of aromatic nitrogens is 1. The number of hydrogen-bond acceptors (Lipinski definition) is 3. The standard InChI is InChI=1S/C8H7BrN2O/c1-12-7-4-8(9)11-5-6(7)2-3-10/h4-5H,2H2,1H3. The number of nitrogens with zero attached hydrogens (tertiary/aromatic N) is 2. The molecule has 0 N–H and O–H groups in total. The zero-order valence-corrected chi connectivity index (χ0v) is 8.13. The summed E-state index contributed by atoms with van der Waals surface area (Å²) < 4.78 is 5.77. The first-order chi connectivity index (χ1) is 5.77. The Morgan fingerprint density at radius 2 is 2.50 bits per heavy atom. The molecule has 0 atom stereocenters. The third kappa shape index (κ3) is 1.95. The molecule has 62 valence electrons. The molecule has 1 heterocycles. The van der Waals surface area contributed by atoms with Crippen LogP contribution >= 0.6 is 15.9 Å². The molecule has 0 aliphatic carbocycles. The summed E-state index contributed by atoms with van der Waals surface area (Å²) in [6.07, 6.45) is 1.95. The smallest absolute Gasteiger partial charge is 0.127 e. The van der Waals surface area contributed by atoms with Crippen molar-refractivity contribution in [3.05, 3.63) is 22.4 Å². The molecule has 0 unspecified atom stereocenters. The molecule has 0 fully saturated rings. The third-order valence-electron chi connectivity index (χ3n) is 1.40. The molecule has 0 radical (unpaired) electrons. The summed E-state index contributed by atoms with van der Waals surface area (Å²) in [5, 5.41) is 8.46. The highest BCUT2D eigenvalue weighted by Crippen LogP contribution is 2.20. The molecule has 0 saturated heterocycles. The molecular formula is C8H7BrN2O. The van der Waals surface area contributed by atoms with Gasteiger partial charge in [-0.05, 0) is 15.9 Å². The van der Waals surface area contributed by atoms with Gasteiger partial charge >= 0.3 is 0 Å². The summed E-state index contributed by atoms with van der Waals surface area (Å²) in [5.74, 6) is 0.693. The highest BCUT2D eigenvalue weighted by Gasteiger charge is 2.02. The lowest BCUT2D eigenvalue weighted by Gasteiger charge is -2.04. The van der Waals surface area contributed by atoms with Crippen molar-refractivity contribution in [3.63, 3.8) is 0 Å². The van der Waals surface area contributed by atoms with E-state index in [1.54, 1.807) is 19.4 Å². The minimum absolute atomic E-state index is 0.323. The lowest BCUT2D eigenvalue weighted by atomic mass is 10.2. The molecule has 4 heteroatoms. The molecule has 0 aliphatic heterocycles. The van der Waals surface area contributed by atoms with Crippen LogP contribution in [0.25, 0.3) is 0 Å². The molecule has 3 nitrogen and oxygen atoms in total. The number of nitriles is 1. The van der Waals surface area contributed by atoms with Crippen molar-refractivity contribution in [1.82, 2.24) is 4.98 Å². The van der Waals surface area contributed by atoms with Gasteiger partial charge in [0.15, 0.2) is 0 Å². The third-order valence-corrected chi connectivity index (χ3v) is 1.83. The van der Waals surface area contributed by atoms with Crippen molar-refractivity contribution in [2.24, 2.45) is 0 Å². The fourth-order valence-electron chi connectivity index (χ4n) is 0.849. The molecule has 0 bridgehead atoms. The minimum Gasteiger partial charge on any atom is -0.496 e. The first-order valence-corrected chi connectivity index (χ1v) is 4.12. The molecule has 1 aromatic heterocycles. The van der Waals surface area contributed by atoms with Crippen LogP contribution in [0, 0.1) is 11.3 Å². The maximum absolute atomic E-state index is 8.46. The van der Waals surface area contributed by atoms with Crippen LogP contribution in [0.15, 0.2) is 16.9 Å². The summed E-state index contributed by atoms with van der Waals surface area (Å²) in [7, 11) is 1.57. The summed E-state index contributed by atoms with van der Waals surface area (Å²) in [6.45, 7) is 0. The van der Waals surface area contributed by atoms with Gasteiger partial charge in [0.25, 0.3) is 0 Å². The van der Waals surface area contributed by atoms with Gasteiger partial charge in [0, 0.05) is 17.8 Å². The van der Waals surface area contributed by atoms with Crippen molar-refractivity contribution in [3.8, 4) is 11.8 Å². The number of ether oxygens (including phenoxy) is 1. The fraction of sp³-hybridized carbons (Fsp3) is 0.250. The highest BCUT2D eigenvalue weighted by atomic mass is 79.9. The van der Waals surface area contributed by atoms with E-state index in [-0.39, 0.29) is 0 Å². The quantitative estimate of drug-likeness (QED) is 0.725. The van der Waals surface area contributed by atoms with Crippen LogP contribution in [0.2, 0.25) is 0 Å². The normalized spacial score (nSPS) is 9.08. The van der Waals surface area contributed by atoms with Gasteiger partial charge in [-0.1, -0.05) is 0 Å². The van der Waals surface area contributed by atoms with Crippen molar-refractivity contribution >= 4 is 15.9 Å². The predicted molar refractivity (Wildman–Crippen MR) is 47.8 cm³/mol. The molecule has 1 aromatic rings. The molecule has 0 spiro atoms. The average molecular weight is 227 g/mol. The maximum atomic E-state index is 8.46. The van der Waals surface area contributed by atoms with Crippen LogP contribution in [0.1, 0.15) is 5.56 Å². The van der Waals surface area contributed by atoms with Crippen LogP contribution in [-0.2, 0) is 6.42 Å². The maximum Gasteiger partial charge on any atom is 0.127 e. The number of pyridine rings is 1. The van der Waals surface area contributed by atoms with Gasteiger partial charge in [0.05, 0.1) is 19.6 Å². The van der Waals surface area contributed by atoms with Gasteiger partial charge in [-0.3, -0.25) is 0 Å². The molecule has 0 aromatic carbocycles. The molecule has 1 rings (SSSR count). The fourth-order valence-corrected chi connectivity index (χ4v) is 1.16. The highest BCUT2D eigenvalue weighted by molar-refractivity contribution is 9.10. The Kier molecular flexibility index (Phi) is 3.06. The van der Waals surface area contributed by atoms with Crippen LogP contribution in [0.3, 0.4) is 0 Å². The first-order valence-electron chi connectivity index (χ1n) is 3.33. The van der Waals surface area contributed by atoms with Crippen LogP contribution in [0.4, 0.5) is 0 Å². The zero-order valence-electron chi connectivity index (χ0n) is 6.54. The summed E-state index contributed by atoms with van der Waals surface area (Å²) in [6, 6.07) is 3.79. The molecule has 0 amide bonds. The number of halogens is 1. The van der Waals surface area contributed by atoms with Gasteiger partial charge in [-0.15, -0.1) is 0 Å². The van der Waals surface area contributed by atoms with Crippen molar-refractivity contribution in [2.45, 2.75) is 6.42 Å². The van der Waals surface area contributed by atoms with Crippen molar-refractivity contribution < 1.29 is 4.74 Å². The molecule has 0 aliphatic rings. The second-order valence-corrected chi connectivity index (χ2v) is 2.97. The van der Waals surface area contributed by atoms with E-state index in [0.717, 1.165) is 5.56 Å². The van der Waals surface area contributed by atoms with Crippen LogP contribution in [-0.4, -0.2) is 12.1 Å². The second kappa shape index (κ2) is 4.07. The van der Waals surface area contributed by atoms with Crippen LogP contribution in [0.5, 0.6) is 5.75 Å². The van der Waals surface area contributed by atoms with Crippen molar-refractivity contribution in [1.29, 1.82) is 5.26 Å². The minimum atomic E-state index is 0.323. The van der Waals surface area contributed by atoms with E-state index in [0.29, 0.717) is 16.8 Å². The van der Waals surface area contributed by atoms with Crippen LogP contribution < -0.4 is 4.74 Å². The number of rotatable bonds is 2. The lowest BCUT2D eigenvalue weighted by Crippen LogP contribution is -1.92. The van der Waals surface area contributed by atoms with Crippen molar-refractivity contribution in [2.75, 3.05) is 7.11 Å². The van der Waals surface area contributed by atoms with E-state index in [1.165, 1.54) is 0 Å². The number of methoxy groups -OCH3 is 1. The molecular weight excluding hydrogens is 220 g/mol. The van der Waals surface area contributed by atoms with E-state index in [4.69, 9.17) is 10.00 Å². The predicted octanol–water partition coefficient (Wildman–Crippen LogP) is 1.92. The Hall–Kier alpha value is -1.08. The summed E-state index contributed by atoms with van der Waals surface area (Å²) in [5.41, 5.74) is 0.809. The van der Waals surface area contributed by atoms with E-state index in [1.807, 2.05) is 6.07 Å². The Labute approximate surface area is 79.1 Å². The van der Waals surface area contributed by atoms with Gasteiger partial charge in [0.2, 0.25) is 0 Å². The monoisotopic (exact) mass is 226 g/mol. The van der Waals surface area contributed by atoms with E-state index >= 15 is 0 Å². The van der Waals surface area contributed by atoms with E-state index < -0.39 is 0 Å². The topological polar surface area (TPSA) is 45.9 Å². The number of hydrogen-bond donors (Lipinski definition) is 0. The largest absolute Gasteiger partial charge is 0.496 e. The Bertz CT molecular complexity index is 319. The lowest BCUT2D eigenvalue weighted by molar-refractivity contribution is 0.409. The summed E-state index contributed by atoms with van der Waals surface area (Å²) >= 11 is 3.21. The molecule has 12 heavy (non-hydrogen) atoms. The van der Waals surface area contributed by atoms with E-state index in [9.17, 15) is 0 Å². The van der Waals surface area contributed by atoms with Gasteiger partial charge in [-0.2, -0.15) is 5.26 Å². The first kappa shape index (κ1) is 9.01. The Morgan fingerprint density at radius 3 is 3.08 bits per heavy atom. The Balaban J connectivity index is 3.04. The average Bonchev–Trinajstić information content (AvgIpc) is 2.08. The van der Waals surface area contributed by atoms with E-state index in [2.05, 4.69) is 20.9 Å².